The van der Waals surface area contributed by atoms with Crippen molar-refractivity contribution in [2.45, 2.75) is 50.3 Å². The molecule has 1 aromatic heterocycles. The molecule has 1 aliphatic rings. The number of rotatable bonds is 7. The number of sulfonamides is 1. The molecule has 0 spiro atoms. The van der Waals surface area contributed by atoms with Crippen LogP contribution in [0.4, 0.5) is 5.69 Å². The van der Waals surface area contributed by atoms with Gasteiger partial charge in [0.05, 0.1) is 10.6 Å². The van der Waals surface area contributed by atoms with E-state index in [9.17, 15) is 13.2 Å². The van der Waals surface area contributed by atoms with Gasteiger partial charge in [-0.25, -0.2) is 8.42 Å². The lowest BCUT2D eigenvalue weighted by molar-refractivity contribution is -0.116. The van der Waals surface area contributed by atoms with Crippen molar-refractivity contribution < 1.29 is 17.7 Å². The standard InChI is InChI=1S/C24H28N4O4S/c1-18-25-24(27-32-18)21-8-4-5-9-22(21)26-23(29)15-12-19-10-13-20(14-11-19)33(30,31)28-16-6-2-3-7-17-28/h4-5,8-11,13-14H,2-3,6-7,12,15-17H2,1H3,(H,26,29). The van der Waals surface area contributed by atoms with E-state index in [1.807, 2.05) is 18.2 Å². The Morgan fingerprint density at radius 2 is 1.73 bits per heavy atom. The zero-order valence-corrected chi connectivity index (χ0v) is 19.5. The molecule has 1 fully saturated rings. The van der Waals surface area contributed by atoms with Crippen molar-refractivity contribution in [1.82, 2.24) is 14.4 Å². The fourth-order valence-corrected chi connectivity index (χ4v) is 5.44. The maximum Gasteiger partial charge on any atom is 0.243 e. The minimum atomic E-state index is -3.47. The van der Waals surface area contributed by atoms with Crippen molar-refractivity contribution in [3.63, 3.8) is 0 Å². The highest BCUT2D eigenvalue weighted by Crippen LogP contribution is 2.26. The van der Waals surface area contributed by atoms with Gasteiger partial charge in [0.2, 0.25) is 27.6 Å². The Labute approximate surface area is 194 Å². The molecule has 2 aromatic carbocycles. The van der Waals surface area contributed by atoms with Crippen LogP contribution < -0.4 is 5.32 Å². The largest absolute Gasteiger partial charge is 0.339 e. The normalized spacial score (nSPS) is 15.2. The molecule has 33 heavy (non-hydrogen) atoms. The summed E-state index contributed by atoms with van der Waals surface area (Å²) >= 11 is 0. The Bertz CT molecular complexity index is 1200. The average Bonchev–Trinajstić information content (AvgIpc) is 3.06. The van der Waals surface area contributed by atoms with Crippen LogP contribution in [-0.4, -0.2) is 41.9 Å². The second kappa shape index (κ2) is 10.3. The first-order valence-corrected chi connectivity index (χ1v) is 12.7. The predicted molar refractivity (Wildman–Crippen MR) is 125 cm³/mol. The van der Waals surface area contributed by atoms with E-state index < -0.39 is 10.0 Å². The number of amides is 1. The molecule has 0 saturated carbocycles. The molecule has 0 unspecified atom stereocenters. The van der Waals surface area contributed by atoms with Gasteiger partial charge < -0.3 is 9.84 Å². The quantitative estimate of drug-likeness (QED) is 0.558. The Kier molecular flexibility index (Phi) is 7.20. The van der Waals surface area contributed by atoms with Gasteiger partial charge in [0.1, 0.15) is 0 Å². The first-order chi connectivity index (χ1) is 15.9. The first kappa shape index (κ1) is 23.1. The zero-order chi connectivity index (χ0) is 23.3. The van der Waals surface area contributed by atoms with Gasteiger partial charge in [0.15, 0.2) is 0 Å². The summed E-state index contributed by atoms with van der Waals surface area (Å²) in [5, 5.41) is 6.83. The number of hydrogen-bond donors (Lipinski definition) is 1. The van der Waals surface area contributed by atoms with Crippen molar-refractivity contribution in [3.05, 3.63) is 60.0 Å². The minimum Gasteiger partial charge on any atom is -0.339 e. The molecule has 0 aliphatic carbocycles. The molecule has 2 heterocycles. The molecular formula is C24H28N4O4S. The molecule has 4 rings (SSSR count). The van der Waals surface area contributed by atoms with Crippen molar-refractivity contribution in [3.8, 4) is 11.4 Å². The number of aromatic nitrogens is 2. The summed E-state index contributed by atoms with van der Waals surface area (Å²) in [6.07, 6.45) is 4.72. The number of benzene rings is 2. The van der Waals surface area contributed by atoms with Crippen LogP contribution in [0, 0.1) is 6.92 Å². The molecule has 9 heteroatoms. The molecule has 0 radical (unpaired) electrons. The molecule has 1 N–H and O–H groups in total. The van der Waals surface area contributed by atoms with Crippen LogP contribution in [0.1, 0.15) is 43.6 Å². The second-order valence-corrected chi connectivity index (χ2v) is 10.1. The molecule has 8 nitrogen and oxygen atoms in total. The first-order valence-electron chi connectivity index (χ1n) is 11.2. The van der Waals surface area contributed by atoms with Crippen LogP contribution in [0.25, 0.3) is 11.4 Å². The highest BCUT2D eigenvalue weighted by molar-refractivity contribution is 7.89. The SMILES string of the molecule is Cc1nc(-c2ccccc2NC(=O)CCc2ccc(S(=O)(=O)N3CCCCCC3)cc2)no1. The summed E-state index contributed by atoms with van der Waals surface area (Å²) in [5.41, 5.74) is 2.20. The average molecular weight is 469 g/mol. The summed E-state index contributed by atoms with van der Waals surface area (Å²) in [6, 6.07) is 14.1. The van der Waals surface area contributed by atoms with Crippen LogP contribution in [0.3, 0.4) is 0 Å². The van der Waals surface area contributed by atoms with Gasteiger partial charge in [-0.3, -0.25) is 4.79 Å². The highest BCUT2D eigenvalue weighted by Gasteiger charge is 2.25. The van der Waals surface area contributed by atoms with Gasteiger partial charge >= 0.3 is 0 Å². The number of nitrogens with zero attached hydrogens (tertiary/aromatic N) is 3. The third-order valence-electron chi connectivity index (χ3n) is 5.74. The number of para-hydroxylation sites is 1. The van der Waals surface area contributed by atoms with Gasteiger partial charge in [-0.2, -0.15) is 9.29 Å². The van der Waals surface area contributed by atoms with Crippen molar-refractivity contribution in [2.75, 3.05) is 18.4 Å². The van der Waals surface area contributed by atoms with Crippen molar-refractivity contribution in [1.29, 1.82) is 0 Å². The Morgan fingerprint density at radius 3 is 2.39 bits per heavy atom. The Hall–Kier alpha value is -3.04. The second-order valence-electron chi connectivity index (χ2n) is 8.19. The summed E-state index contributed by atoms with van der Waals surface area (Å²) in [7, 11) is -3.47. The van der Waals surface area contributed by atoms with E-state index in [0.717, 1.165) is 31.2 Å². The van der Waals surface area contributed by atoms with Gasteiger partial charge in [-0.15, -0.1) is 0 Å². The predicted octanol–water partition coefficient (Wildman–Crippen LogP) is 4.18. The fourth-order valence-electron chi connectivity index (χ4n) is 3.93. The van der Waals surface area contributed by atoms with Gasteiger partial charge in [-0.05, 0) is 49.1 Å². The van der Waals surface area contributed by atoms with Crippen LogP contribution in [0.2, 0.25) is 0 Å². The fraction of sp³-hybridized carbons (Fsp3) is 0.375. The summed E-state index contributed by atoms with van der Waals surface area (Å²) in [5.74, 6) is 0.723. The van der Waals surface area contributed by atoms with E-state index >= 15 is 0 Å². The van der Waals surface area contributed by atoms with Crippen molar-refractivity contribution in [2.24, 2.45) is 0 Å². The van der Waals surface area contributed by atoms with E-state index in [1.165, 1.54) is 0 Å². The molecular weight excluding hydrogens is 440 g/mol. The zero-order valence-electron chi connectivity index (χ0n) is 18.7. The number of aryl methyl sites for hydroxylation is 2. The third kappa shape index (κ3) is 5.66. The molecule has 0 atom stereocenters. The van der Waals surface area contributed by atoms with Crippen LogP contribution >= 0.6 is 0 Å². The van der Waals surface area contributed by atoms with Crippen molar-refractivity contribution >= 4 is 21.6 Å². The lowest BCUT2D eigenvalue weighted by Gasteiger charge is -2.20. The third-order valence-corrected chi connectivity index (χ3v) is 7.65. The van der Waals surface area contributed by atoms with Crippen LogP contribution in [0.15, 0.2) is 57.9 Å². The van der Waals surface area contributed by atoms with Crippen LogP contribution in [-0.2, 0) is 21.2 Å². The Balaban J connectivity index is 1.37. The number of carbonyl (C=O) groups is 1. The van der Waals surface area contributed by atoms with Crippen LogP contribution in [0.5, 0.6) is 0 Å². The molecule has 1 saturated heterocycles. The molecule has 0 bridgehead atoms. The summed E-state index contributed by atoms with van der Waals surface area (Å²) < 4.78 is 32.5. The Morgan fingerprint density at radius 1 is 1.03 bits per heavy atom. The number of anilines is 1. The van der Waals surface area contributed by atoms with E-state index in [1.54, 1.807) is 41.6 Å². The number of hydrogen-bond acceptors (Lipinski definition) is 6. The minimum absolute atomic E-state index is 0.149. The lowest BCUT2D eigenvalue weighted by Crippen LogP contribution is -2.31. The van der Waals surface area contributed by atoms with E-state index in [4.69, 9.17) is 4.52 Å². The molecule has 174 valence electrons. The molecule has 1 aliphatic heterocycles. The van der Waals surface area contributed by atoms with E-state index in [0.29, 0.717) is 47.4 Å². The highest BCUT2D eigenvalue weighted by atomic mass is 32.2. The maximum atomic E-state index is 12.9. The summed E-state index contributed by atoms with van der Waals surface area (Å²) in [6.45, 7) is 2.87. The summed E-state index contributed by atoms with van der Waals surface area (Å²) in [4.78, 5) is 17.1. The van der Waals surface area contributed by atoms with Gasteiger partial charge in [0, 0.05) is 32.0 Å². The number of nitrogens with one attached hydrogen (secondary N) is 1. The van der Waals surface area contributed by atoms with E-state index in [2.05, 4.69) is 15.5 Å². The maximum absolute atomic E-state index is 12.9. The molecule has 1 amide bonds. The van der Waals surface area contributed by atoms with E-state index in [-0.39, 0.29) is 12.3 Å². The monoisotopic (exact) mass is 468 g/mol. The molecule has 3 aromatic rings. The lowest BCUT2D eigenvalue weighted by atomic mass is 10.1. The number of carbonyl (C=O) groups excluding carboxylic acids is 1. The smallest absolute Gasteiger partial charge is 0.243 e. The van der Waals surface area contributed by atoms with Gasteiger partial charge in [-0.1, -0.05) is 42.3 Å². The van der Waals surface area contributed by atoms with Gasteiger partial charge in [0.25, 0.3) is 0 Å². The topological polar surface area (TPSA) is 105 Å².